The molecule has 1 aromatic heterocycles. The van der Waals surface area contributed by atoms with Gasteiger partial charge in [0.15, 0.2) is 5.82 Å². The van der Waals surface area contributed by atoms with E-state index in [0.29, 0.717) is 35.1 Å². The fourth-order valence-electron chi connectivity index (χ4n) is 5.06. The number of nitrogens with one attached hydrogen (secondary N) is 3. The van der Waals surface area contributed by atoms with E-state index in [1.54, 1.807) is 13.2 Å². The molecule has 2 aliphatic heterocycles. The monoisotopic (exact) mass is 603 g/mol. The zero-order valence-electron chi connectivity index (χ0n) is 23.8. The quantitative estimate of drug-likeness (QED) is 0.341. The van der Waals surface area contributed by atoms with Gasteiger partial charge in [0.1, 0.15) is 11.6 Å². The molecule has 0 aliphatic carbocycles. The van der Waals surface area contributed by atoms with Gasteiger partial charge in [0.05, 0.1) is 16.6 Å². The zero-order chi connectivity index (χ0) is 30.0. The second-order valence-electron chi connectivity index (χ2n) is 10.6. The van der Waals surface area contributed by atoms with Crippen molar-refractivity contribution < 1.29 is 26.7 Å². The molecule has 0 unspecified atom stereocenters. The number of aromatic amines is 1. The van der Waals surface area contributed by atoms with Crippen molar-refractivity contribution in [1.29, 1.82) is 0 Å². The van der Waals surface area contributed by atoms with Crippen molar-refractivity contribution in [2.75, 3.05) is 69.0 Å². The van der Waals surface area contributed by atoms with Gasteiger partial charge >= 0.3 is 0 Å². The summed E-state index contributed by atoms with van der Waals surface area (Å²) < 4.78 is 60.5. The van der Waals surface area contributed by atoms with E-state index in [0.717, 1.165) is 48.3 Å². The van der Waals surface area contributed by atoms with Crippen LogP contribution in [-0.2, 0) is 27.7 Å². The third kappa shape index (κ3) is 6.41. The molecule has 14 heteroatoms. The number of likely N-dealkylation sites (N-methyl/N-ethyl adjacent to an activating group) is 1. The number of hydrogen-bond donors (Lipinski definition) is 3. The molecule has 3 N–H and O–H groups in total. The summed E-state index contributed by atoms with van der Waals surface area (Å²) in [5.41, 5.74) is 3.20. The van der Waals surface area contributed by atoms with Crippen molar-refractivity contribution in [1.82, 2.24) is 19.4 Å². The molecule has 5 rings (SSSR count). The number of hydrogen-bond acceptors (Lipinski definition) is 8. The molecule has 3 aromatic rings. The van der Waals surface area contributed by atoms with Crippen LogP contribution in [-0.4, -0.2) is 93.3 Å². The average molecular weight is 604 g/mol. The summed E-state index contributed by atoms with van der Waals surface area (Å²) >= 11 is 0. The molecule has 2 aliphatic rings. The number of methoxy groups -OCH3 is 1. The summed E-state index contributed by atoms with van der Waals surface area (Å²) in [5, 5.41) is 13.3. The van der Waals surface area contributed by atoms with Crippen LogP contribution in [0.2, 0.25) is 0 Å². The maximum absolute atomic E-state index is 13.8. The molecule has 1 amide bonds. The second-order valence-corrected chi connectivity index (χ2v) is 12.6. The van der Waals surface area contributed by atoms with Gasteiger partial charge in [0.25, 0.3) is 5.91 Å². The van der Waals surface area contributed by atoms with Crippen molar-refractivity contribution in [3.63, 3.8) is 0 Å². The topological polar surface area (TPSA) is 123 Å². The summed E-state index contributed by atoms with van der Waals surface area (Å²) in [4.78, 5) is 17.6. The van der Waals surface area contributed by atoms with Crippen LogP contribution in [0.5, 0.6) is 0 Å². The molecule has 11 nitrogen and oxygen atoms in total. The summed E-state index contributed by atoms with van der Waals surface area (Å²) in [6, 6.07) is 7.82. The maximum Gasteiger partial charge on any atom is 0.258 e. The van der Waals surface area contributed by atoms with Gasteiger partial charge in [-0.05, 0) is 44.3 Å². The number of benzene rings is 2. The normalized spacial score (nSPS) is 17.1. The van der Waals surface area contributed by atoms with Gasteiger partial charge < -0.3 is 25.2 Å². The zero-order valence-corrected chi connectivity index (χ0v) is 24.6. The minimum Gasteiger partial charge on any atom is -0.382 e. The summed E-state index contributed by atoms with van der Waals surface area (Å²) in [6.07, 6.45) is 0.197. The lowest BCUT2D eigenvalue weighted by molar-refractivity contribution is 0.102. The number of sulfonamides is 1. The predicted molar refractivity (Wildman–Crippen MR) is 155 cm³/mol. The molecule has 0 bridgehead atoms. The molecular weight excluding hydrogens is 568 g/mol. The molecule has 0 saturated carbocycles. The number of H-pyrrole nitrogens is 1. The van der Waals surface area contributed by atoms with Crippen molar-refractivity contribution in [3.8, 4) is 0 Å². The van der Waals surface area contributed by atoms with E-state index in [1.165, 1.54) is 0 Å². The fourth-order valence-corrected chi connectivity index (χ4v) is 6.51. The van der Waals surface area contributed by atoms with E-state index in [9.17, 15) is 22.0 Å². The lowest BCUT2D eigenvalue weighted by atomic mass is 10.1. The molecule has 0 radical (unpaired) electrons. The van der Waals surface area contributed by atoms with Crippen molar-refractivity contribution in [3.05, 3.63) is 64.9 Å². The minimum atomic E-state index is -4.20. The number of amides is 1. The molecule has 1 atom stereocenters. The highest BCUT2D eigenvalue weighted by atomic mass is 32.2. The number of fused-ring (bicyclic) bond motifs is 1. The first-order valence-corrected chi connectivity index (χ1v) is 15.2. The van der Waals surface area contributed by atoms with Crippen LogP contribution >= 0.6 is 0 Å². The number of rotatable bonds is 9. The first-order chi connectivity index (χ1) is 20.0. The van der Waals surface area contributed by atoms with E-state index >= 15 is 0 Å². The number of halogens is 2. The first kappa shape index (κ1) is 29.9. The van der Waals surface area contributed by atoms with Gasteiger partial charge in [-0.1, -0.05) is 0 Å². The summed E-state index contributed by atoms with van der Waals surface area (Å²) in [5.74, 6) is -2.19. The highest BCUT2D eigenvalue weighted by Gasteiger charge is 2.32. The maximum atomic E-state index is 13.8. The van der Waals surface area contributed by atoms with Gasteiger partial charge in [-0.25, -0.2) is 17.2 Å². The Morgan fingerprint density at radius 3 is 2.50 bits per heavy atom. The number of ether oxygens (including phenoxy) is 1. The Balaban J connectivity index is 1.37. The largest absolute Gasteiger partial charge is 0.382 e. The van der Waals surface area contributed by atoms with Gasteiger partial charge in [0.2, 0.25) is 10.0 Å². The highest BCUT2D eigenvalue weighted by Crippen LogP contribution is 2.30. The van der Waals surface area contributed by atoms with Gasteiger partial charge in [0, 0.05) is 88.0 Å². The van der Waals surface area contributed by atoms with Crippen LogP contribution in [0, 0.1) is 11.6 Å². The van der Waals surface area contributed by atoms with Crippen molar-refractivity contribution >= 4 is 33.1 Å². The lowest BCUT2D eigenvalue weighted by Gasteiger charge is -2.34. The summed E-state index contributed by atoms with van der Waals surface area (Å²) in [6.45, 7) is 5.99. The third-order valence-electron chi connectivity index (χ3n) is 7.70. The van der Waals surface area contributed by atoms with Crippen molar-refractivity contribution in [2.45, 2.75) is 30.9 Å². The Kier molecular flexibility index (Phi) is 8.78. The Morgan fingerprint density at radius 1 is 1.10 bits per heavy atom. The number of carbonyl (C=O) groups excluding carboxylic acids is 1. The van der Waals surface area contributed by atoms with Crippen LogP contribution in [0.15, 0.2) is 41.3 Å². The predicted octanol–water partition coefficient (Wildman–Crippen LogP) is 2.89. The molecule has 1 saturated heterocycles. The van der Waals surface area contributed by atoms with Crippen LogP contribution in [0.25, 0.3) is 0 Å². The second kappa shape index (κ2) is 12.3. The van der Waals surface area contributed by atoms with E-state index in [1.807, 2.05) is 19.1 Å². The van der Waals surface area contributed by atoms with E-state index in [2.05, 4.69) is 37.7 Å². The standard InChI is InChI=1S/C28H35F2N7O4S/c1-18(41-3)16-31-26-15-21(36-10-8-35(2)9-11-36)4-5-23(26)28(38)32-27-24-17-37(7-6-25(24)33-34-27)42(39,40)22-13-19(29)12-20(30)14-22/h4-5,12-15,18,31H,6-11,16-17H2,1-3H3,(H2,32,33,34,38)/t18-/m1/s1. The Labute approximate surface area is 243 Å². The van der Waals surface area contributed by atoms with Crippen LogP contribution in [0.3, 0.4) is 0 Å². The van der Waals surface area contributed by atoms with E-state index < -0.39 is 32.5 Å². The number of carbonyl (C=O) groups is 1. The highest BCUT2D eigenvalue weighted by molar-refractivity contribution is 7.89. The Bertz CT molecular complexity index is 1540. The molecule has 226 valence electrons. The van der Waals surface area contributed by atoms with Crippen molar-refractivity contribution in [2.24, 2.45) is 0 Å². The molecule has 2 aromatic carbocycles. The van der Waals surface area contributed by atoms with Crippen LogP contribution in [0.1, 0.15) is 28.5 Å². The van der Waals surface area contributed by atoms with Gasteiger partial charge in [-0.2, -0.15) is 9.40 Å². The number of anilines is 3. The molecular formula is C28H35F2N7O4S. The lowest BCUT2D eigenvalue weighted by Crippen LogP contribution is -2.44. The number of aromatic nitrogens is 2. The third-order valence-corrected chi connectivity index (χ3v) is 9.53. The summed E-state index contributed by atoms with van der Waals surface area (Å²) in [7, 11) is -0.488. The minimum absolute atomic E-state index is 0.0859. The number of piperazine rings is 1. The molecule has 42 heavy (non-hydrogen) atoms. The van der Waals surface area contributed by atoms with Gasteiger partial charge in [-0.3, -0.25) is 9.89 Å². The number of nitrogens with zero attached hydrogens (tertiary/aromatic N) is 4. The average Bonchev–Trinajstić information content (AvgIpc) is 3.37. The van der Waals surface area contributed by atoms with Gasteiger partial charge in [-0.15, -0.1) is 0 Å². The fraction of sp³-hybridized carbons (Fsp3) is 0.429. The Morgan fingerprint density at radius 2 is 1.81 bits per heavy atom. The molecule has 0 spiro atoms. The van der Waals surface area contributed by atoms with E-state index in [-0.39, 0.29) is 31.4 Å². The molecule has 3 heterocycles. The smallest absolute Gasteiger partial charge is 0.258 e. The van der Waals surface area contributed by atoms with Crippen LogP contribution in [0.4, 0.5) is 26.0 Å². The molecule has 1 fully saturated rings. The van der Waals surface area contributed by atoms with E-state index in [4.69, 9.17) is 4.74 Å². The van der Waals surface area contributed by atoms with Crippen LogP contribution < -0.4 is 15.5 Å². The SMILES string of the molecule is CO[C@H](C)CNc1cc(N2CCN(C)CC2)ccc1C(=O)Nc1n[nH]c2c1CN(S(=O)(=O)c1cc(F)cc(F)c1)CC2. The Hall–Kier alpha value is -3.59. The first-order valence-electron chi connectivity index (χ1n) is 13.7.